The lowest BCUT2D eigenvalue weighted by atomic mass is 9.90. The van der Waals surface area contributed by atoms with E-state index < -0.39 is 0 Å². The molecule has 0 fully saturated rings. The van der Waals surface area contributed by atoms with Gasteiger partial charge in [-0.2, -0.15) is 0 Å². The lowest BCUT2D eigenvalue weighted by Gasteiger charge is -2.30. The van der Waals surface area contributed by atoms with E-state index in [4.69, 9.17) is 15.0 Å². The molecular weight excluding hydrogens is 791 g/mol. The Morgan fingerprint density at radius 1 is 0.462 bits per heavy atom. The van der Waals surface area contributed by atoms with E-state index in [9.17, 15) is 0 Å². The van der Waals surface area contributed by atoms with E-state index in [0.29, 0.717) is 17.5 Å². The highest BCUT2D eigenvalue weighted by atomic mass is 15.2. The number of fused-ring (bicyclic) bond motifs is 8. The van der Waals surface area contributed by atoms with E-state index in [-0.39, 0.29) is 12.0 Å². The van der Waals surface area contributed by atoms with Crippen LogP contribution in [-0.2, 0) is 0 Å². The summed E-state index contributed by atoms with van der Waals surface area (Å²) in [7, 11) is 0. The highest BCUT2D eigenvalue weighted by Crippen LogP contribution is 2.52. The maximum atomic E-state index is 5.12. The van der Waals surface area contributed by atoms with Gasteiger partial charge in [-0.1, -0.05) is 182 Å². The summed E-state index contributed by atoms with van der Waals surface area (Å²) in [5, 5.41) is 7.31. The maximum absolute atomic E-state index is 5.12. The van der Waals surface area contributed by atoms with Crippen molar-refractivity contribution in [2.24, 2.45) is 0 Å². The minimum Gasteiger partial charge on any atom is -0.333 e. The summed E-state index contributed by atoms with van der Waals surface area (Å²) in [6.45, 7) is 2.01. The molecular formula is C60H43N5. The molecule has 0 N–H and O–H groups in total. The molecule has 5 nitrogen and oxygen atoms in total. The fourth-order valence-corrected chi connectivity index (χ4v) is 9.78. The second kappa shape index (κ2) is 16.1. The van der Waals surface area contributed by atoms with Gasteiger partial charge in [0.1, 0.15) is 0 Å². The first-order valence-electron chi connectivity index (χ1n) is 22.3. The third-order valence-corrected chi connectivity index (χ3v) is 12.8. The molecule has 1 aliphatic heterocycles. The van der Waals surface area contributed by atoms with Crippen LogP contribution in [0.3, 0.4) is 0 Å². The van der Waals surface area contributed by atoms with E-state index in [0.717, 1.165) is 33.3 Å². The molecule has 3 heterocycles. The normalized spacial score (nSPS) is 15.7. The Morgan fingerprint density at radius 3 is 1.88 bits per heavy atom. The molecule has 0 saturated carbocycles. The summed E-state index contributed by atoms with van der Waals surface area (Å²) in [4.78, 5) is 17.8. The molecule has 2 aliphatic rings. The second-order valence-corrected chi connectivity index (χ2v) is 16.7. The zero-order chi connectivity index (χ0) is 43.3. The van der Waals surface area contributed by atoms with E-state index >= 15 is 0 Å². The molecule has 5 heteroatoms. The predicted molar refractivity (Wildman–Crippen MR) is 272 cm³/mol. The van der Waals surface area contributed by atoms with Crippen LogP contribution in [-0.4, -0.2) is 25.6 Å². The van der Waals surface area contributed by atoms with Gasteiger partial charge >= 0.3 is 0 Å². The third kappa shape index (κ3) is 6.77. The van der Waals surface area contributed by atoms with E-state index in [1.807, 2.05) is 55.5 Å². The standard InChI is InChI=1S/C60H43N5/c1-2-3-4-5-8-18-40-29-31-42(32-30-40)59-61-58(41-19-9-6-10-20-41)62-60(63-59)46-33-34-48-45(35-46)23-17-28-53(48)65-54-27-16-15-26-49(54)51-38-52-50-36-43-21-13-14-22-44(43)37-55(50)64(56(52)39-57(51)65)47-24-11-7-12-25-47/h2-39,49,54H,1H3/b3-2-,5-4-,18-8+. The number of rotatable bonds is 8. The van der Waals surface area contributed by atoms with Gasteiger partial charge in [0.15, 0.2) is 17.5 Å². The number of anilines is 2. The van der Waals surface area contributed by atoms with Crippen molar-refractivity contribution in [1.29, 1.82) is 0 Å². The molecule has 10 aromatic rings. The molecule has 308 valence electrons. The average molecular weight is 834 g/mol. The molecule has 8 aromatic carbocycles. The summed E-state index contributed by atoms with van der Waals surface area (Å²) in [6.07, 6.45) is 21.4. The second-order valence-electron chi connectivity index (χ2n) is 16.7. The summed E-state index contributed by atoms with van der Waals surface area (Å²) >= 11 is 0. The van der Waals surface area contributed by atoms with Crippen LogP contribution in [0.15, 0.2) is 225 Å². The lowest BCUT2D eigenvalue weighted by Crippen LogP contribution is -2.28. The molecule has 12 rings (SSSR count). The number of benzene rings is 8. The number of para-hydroxylation sites is 1. The van der Waals surface area contributed by atoms with Crippen LogP contribution in [0.25, 0.3) is 89.3 Å². The fraction of sp³-hybridized carbons (Fsp3) is 0.0500. The molecule has 65 heavy (non-hydrogen) atoms. The zero-order valence-corrected chi connectivity index (χ0v) is 35.8. The first-order chi connectivity index (χ1) is 32.2. The van der Waals surface area contributed by atoms with Crippen LogP contribution in [0.1, 0.15) is 24.0 Å². The van der Waals surface area contributed by atoms with Crippen molar-refractivity contribution < 1.29 is 0 Å². The highest BCUT2D eigenvalue weighted by molar-refractivity contribution is 6.15. The minimum absolute atomic E-state index is 0.125. The highest BCUT2D eigenvalue weighted by Gasteiger charge is 2.39. The first-order valence-corrected chi connectivity index (χ1v) is 22.3. The number of hydrogen-bond donors (Lipinski definition) is 0. The molecule has 0 bridgehead atoms. The maximum Gasteiger partial charge on any atom is 0.164 e. The molecule has 1 aliphatic carbocycles. The van der Waals surface area contributed by atoms with Gasteiger partial charge in [-0.05, 0) is 82.7 Å². The molecule has 0 amide bonds. The van der Waals surface area contributed by atoms with Crippen molar-refractivity contribution in [3.8, 4) is 39.9 Å². The van der Waals surface area contributed by atoms with Gasteiger partial charge in [-0.25, -0.2) is 15.0 Å². The summed E-state index contributed by atoms with van der Waals surface area (Å²) in [5.41, 5.74) is 11.2. The first kappa shape index (κ1) is 38.3. The quantitative estimate of drug-likeness (QED) is 0.143. The molecule has 0 radical (unpaired) electrons. The van der Waals surface area contributed by atoms with Gasteiger partial charge < -0.3 is 9.47 Å². The SMILES string of the molecule is C\C=C/C=C\C=C\c1ccc(-c2nc(-c3ccccc3)nc(-c3ccc4c(N5c6cc7c(cc6C6C=CC=CC65)c5cc6ccccc6cc5n7-c5ccccc5)cccc4c3)n2)cc1. The van der Waals surface area contributed by atoms with Gasteiger partial charge in [0.05, 0.1) is 17.1 Å². The van der Waals surface area contributed by atoms with Gasteiger partial charge in [0, 0.05) is 55.8 Å². The average Bonchev–Trinajstić information content (AvgIpc) is 3.86. The summed E-state index contributed by atoms with van der Waals surface area (Å²) in [6, 6.07) is 61.1. The molecule has 2 aromatic heterocycles. The van der Waals surface area contributed by atoms with E-state index in [1.54, 1.807) is 0 Å². The van der Waals surface area contributed by atoms with E-state index in [1.165, 1.54) is 54.9 Å². The van der Waals surface area contributed by atoms with Crippen LogP contribution < -0.4 is 4.90 Å². The van der Waals surface area contributed by atoms with E-state index in [2.05, 4.69) is 192 Å². The summed E-state index contributed by atoms with van der Waals surface area (Å²) in [5.74, 6) is 2.11. The van der Waals surface area contributed by atoms with Crippen molar-refractivity contribution in [3.63, 3.8) is 0 Å². The van der Waals surface area contributed by atoms with Crippen LogP contribution in [0.2, 0.25) is 0 Å². The Morgan fingerprint density at radius 2 is 1.09 bits per heavy atom. The summed E-state index contributed by atoms with van der Waals surface area (Å²) < 4.78 is 2.45. The Bertz CT molecular complexity index is 3610. The number of hydrogen-bond acceptors (Lipinski definition) is 4. The van der Waals surface area contributed by atoms with Gasteiger partial charge in [0.2, 0.25) is 0 Å². The Labute approximate surface area is 378 Å². The monoisotopic (exact) mass is 833 g/mol. The van der Waals surface area contributed by atoms with Crippen molar-refractivity contribution in [2.75, 3.05) is 4.90 Å². The Balaban J connectivity index is 0.984. The van der Waals surface area contributed by atoms with Crippen molar-refractivity contribution >= 4 is 60.8 Å². The van der Waals surface area contributed by atoms with Crippen LogP contribution in [0.5, 0.6) is 0 Å². The number of aromatic nitrogens is 4. The smallest absolute Gasteiger partial charge is 0.164 e. The third-order valence-electron chi connectivity index (χ3n) is 12.8. The van der Waals surface area contributed by atoms with Crippen molar-refractivity contribution in [2.45, 2.75) is 18.9 Å². The van der Waals surface area contributed by atoms with Crippen molar-refractivity contribution in [1.82, 2.24) is 19.5 Å². The largest absolute Gasteiger partial charge is 0.333 e. The fourth-order valence-electron chi connectivity index (χ4n) is 9.78. The zero-order valence-electron chi connectivity index (χ0n) is 35.8. The van der Waals surface area contributed by atoms with Gasteiger partial charge in [-0.15, -0.1) is 0 Å². The Kier molecular flexibility index (Phi) is 9.45. The molecule has 0 saturated heterocycles. The van der Waals surface area contributed by atoms with Crippen LogP contribution in [0, 0.1) is 0 Å². The minimum atomic E-state index is 0.125. The van der Waals surface area contributed by atoms with Gasteiger partial charge in [0.25, 0.3) is 0 Å². The van der Waals surface area contributed by atoms with Crippen LogP contribution >= 0.6 is 0 Å². The molecule has 2 atom stereocenters. The number of nitrogens with zero attached hydrogens (tertiary/aromatic N) is 5. The van der Waals surface area contributed by atoms with Crippen molar-refractivity contribution in [3.05, 3.63) is 236 Å². The predicted octanol–water partition coefficient (Wildman–Crippen LogP) is 15.2. The molecule has 2 unspecified atom stereocenters. The van der Waals surface area contributed by atoms with Gasteiger partial charge in [-0.3, -0.25) is 0 Å². The van der Waals surface area contributed by atoms with Crippen LogP contribution in [0.4, 0.5) is 11.4 Å². The number of allylic oxidation sites excluding steroid dienone is 7. The lowest BCUT2D eigenvalue weighted by molar-refractivity contribution is 0.746. The topological polar surface area (TPSA) is 46.8 Å². The molecule has 0 spiro atoms. The Hall–Kier alpha value is -8.41.